The summed E-state index contributed by atoms with van der Waals surface area (Å²) < 4.78 is 20.7. The molecule has 0 aliphatic carbocycles. The van der Waals surface area contributed by atoms with Crippen LogP contribution in [0.2, 0.25) is 0 Å². The number of nitrogens with zero attached hydrogens (tertiary/aromatic N) is 4. The summed E-state index contributed by atoms with van der Waals surface area (Å²) in [6.07, 6.45) is 7.18. The zero-order valence-electron chi connectivity index (χ0n) is 21.8. The molecule has 0 aliphatic rings. The summed E-state index contributed by atoms with van der Waals surface area (Å²) in [5.74, 6) is 1.18. The maximum absolute atomic E-state index is 13.9. The number of nitrogens with one attached hydrogen (secondary N) is 1. The topological polar surface area (TPSA) is 109 Å². The van der Waals surface area contributed by atoms with E-state index in [-0.39, 0.29) is 11.5 Å². The van der Waals surface area contributed by atoms with Crippen LogP contribution in [0.1, 0.15) is 13.3 Å². The van der Waals surface area contributed by atoms with E-state index < -0.39 is 6.10 Å². The summed E-state index contributed by atoms with van der Waals surface area (Å²) in [7, 11) is 3.06. The number of carbonyl (C=O) groups excluding carboxylic acids is 1. The van der Waals surface area contributed by atoms with Crippen LogP contribution in [0, 0.1) is 0 Å². The monoisotopic (exact) mass is 525 g/mol. The number of hydrogen-bond donors (Lipinski definition) is 1. The Bertz CT molecular complexity index is 1880. The van der Waals surface area contributed by atoms with Gasteiger partial charge in [0.1, 0.15) is 5.75 Å². The van der Waals surface area contributed by atoms with Crippen LogP contribution in [0.15, 0.2) is 66.1 Å². The lowest BCUT2D eigenvalue weighted by Crippen LogP contribution is -2.37. The van der Waals surface area contributed by atoms with Crippen LogP contribution >= 0.6 is 0 Å². The summed E-state index contributed by atoms with van der Waals surface area (Å²) in [4.78, 5) is 35.2. The van der Waals surface area contributed by atoms with Gasteiger partial charge in [-0.15, -0.1) is 0 Å². The van der Waals surface area contributed by atoms with Crippen LogP contribution in [0.5, 0.6) is 17.2 Å². The van der Waals surface area contributed by atoms with E-state index in [1.807, 2.05) is 35.0 Å². The summed E-state index contributed by atoms with van der Waals surface area (Å²) in [6, 6.07) is 11.0. The van der Waals surface area contributed by atoms with Crippen molar-refractivity contribution in [1.29, 1.82) is 0 Å². The van der Waals surface area contributed by atoms with E-state index in [9.17, 15) is 9.59 Å². The molecule has 1 amide bonds. The van der Waals surface area contributed by atoms with Gasteiger partial charge in [0.05, 0.1) is 42.5 Å². The van der Waals surface area contributed by atoms with Crippen molar-refractivity contribution in [3.63, 3.8) is 0 Å². The molecule has 0 saturated carbocycles. The Morgan fingerprint density at radius 2 is 1.92 bits per heavy atom. The fourth-order valence-electron chi connectivity index (χ4n) is 5.17. The summed E-state index contributed by atoms with van der Waals surface area (Å²) in [5, 5.41) is 5.70. The highest BCUT2D eigenvalue weighted by Gasteiger charge is 2.23. The van der Waals surface area contributed by atoms with Crippen LogP contribution in [0.25, 0.3) is 38.1 Å². The Balaban J connectivity index is 1.34. The normalized spacial score (nSPS) is 12.4. The zero-order valence-corrected chi connectivity index (χ0v) is 21.8. The van der Waals surface area contributed by atoms with Crippen molar-refractivity contribution in [2.24, 2.45) is 0 Å². The second-order valence-electron chi connectivity index (χ2n) is 9.30. The number of carbonyl (C=O) groups is 1. The molecule has 0 fully saturated rings. The minimum Gasteiger partial charge on any atom is -0.493 e. The van der Waals surface area contributed by atoms with Gasteiger partial charge in [0.25, 0.3) is 11.5 Å². The molecule has 39 heavy (non-hydrogen) atoms. The quantitative estimate of drug-likeness (QED) is 0.226. The number of ether oxygens (including phenoxy) is 3. The molecule has 0 unspecified atom stereocenters. The number of pyridine rings is 2. The number of fused-ring (bicyclic) bond motifs is 5. The molecule has 4 heterocycles. The molecule has 10 nitrogen and oxygen atoms in total. The molecule has 0 radical (unpaired) electrons. The molecule has 1 N–H and O–H groups in total. The number of imidazole rings is 1. The Hall–Kier alpha value is -4.86. The first-order chi connectivity index (χ1) is 19.0. The Morgan fingerprint density at radius 1 is 1.05 bits per heavy atom. The third kappa shape index (κ3) is 4.04. The predicted octanol–water partition coefficient (Wildman–Crippen LogP) is 3.78. The highest BCUT2D eigenvalue weighted by molar-refractivity contribution is 6.19. The van der Waals surface area contributed by atoms with Gasteiger partial charge in [-0.1, -0.05) is 0 Å². The highest BCUT2D eigenvalue weighted by Crippen LogP contribution is 2.39. The van der Waals surface area contributed by atoms with Crippen molar-refractivity contribution in [2.45, 2.75) is 26.0 Å². The van der Waals surface area contributed by atoms with Crippen LogP contribution < -0.4 is 25.1 Å². The second-order valence-corrected chi connectivity index (χ2v) is 9.30. The number of aryl methyl sites for hydroxylation is 1. The molecule has 0 aliphatic heterocycles. The van der Waals surface area contributed by atoms with Gasteiger partial charge in [-0.05, 0) is 49.7 Å². The molecule has 6 rings (SSSR count). The summed E-state index contributed by atoms with van der Waals surface area (Å²) >= 11 is 0. The first-order valence-corrected chi connectivity index (χ1v) is 12.6. The van der Waals surface area contributed by atoms with Gasteiger partial charge in [-0.2, -0.15) is 0 Å². The molecular formula is C29H27N5O5. The van der Waals surface area contributed by atoms with E-state index in [2.05, 4.69) is 15.3 Å². The van der Waals surface area contributed by atoms with Crippen LogP contribution in [0.3, 0.4) is 0 Å². The van der Waals surface area contributed by atoms with E-state index in [0.29, 0.717) is 45.6 Å². The van der Waals surface area contributed by atoms with Crippen molar-refractivity contribution in [3.05, 3.63) is 71.7 Å². The zero-order chi connectivity index (χ0) is 27.1. The van der Waals surface area contributed by atoms with E-state index in [4.69, 9.17) is 14.2 Å². The van der Waals surface area contributed by atoms with E-state index in [0.717, 1.165) is 29.3 Å². The van der Waals surface area contributed by atoms with Gasteiger partial charge < -0.3 is 24.1 Å². The fraction of sp³-hybridized carbons (Fsp3) is 0.241. The fourth-order valence-corrected chi connectivity index (χ4v) is 5.17. The maximum Gasteiger partial charge on any atom is 0.267 e. The number of aromatic nitrogens is 4. The Kier molecular flexibility index (Phi) is 6.14. The molecule has 0 spiro atoms. The highest BCUT2D eigenvalue weighted by atomic mass is 16.5. The van der Waals surface area contributed by atoms with Crippen LogP contribution in [-0.2, 0) is 11.3 Å². The largest absolute Gasteiger partial charge is 0.493 e. The van der Waals surface area contributed by atoms with Gasteiger partial charge in [0, 0.05) is 47.8 Å². The van der Waals surface area contributed by atoms with E-state index in [1.165, 1.54) is 14.2 Å². The molecule has 4 aromatic heterocycles. The Morgan fingerprint density at radius 3 is 2.69 bits per heavy atom. The van der Waals surface area contributed by atoms with E-state index in [1.54, 1.807) is 42.2 Å². The maximum atomic E-state index is 13.9. The predicted molar refractivity (Wildman–Crippen MR) is 148 cm³/mol. The third-order valence-corrected chi connectivity index (χ3v) is 7.00. The average molecular weight is 526 g/mol. The molecule has 198 valence electrons. The first kappa shape index (κ1) is 24.5. The van der Waals surface area contributed by atoms with Crippen molar-refractivity contribution in [1.82, 2.24) is 24.3 Å². The summed E-state index contributed by atoms with van der Waals surface area (Å²) in [5.41, 5.74) is 1.89. The second kappa shape index (κ2) is 9.79. The first-order valence-electron chi connectivity index (χ1n) is 12.6. The van der Waals surface area contributed by atoms with Crippen LogP contribution in [0.4, 0.5) is 0 Å². The lowest BCUT2D eigenvalue weighted by atomic mass is 10.1. The van der Waals surface area contributed by atoms with E-state index >= 15 is 0 Å². The van der Waals surface area contributed by atoms with Crippen molar-refractivity contribution in [3.8, 4) is 17.2 Å². The number of rotatable bonds is 9. The SMILES string of the molecule is COc1ccc2c(c1OC)c(=O)n1c3ccc(O[C@H](C)C(=O)NCCCn4ccnc4)cc3c3ccnc2c31. The van der Waals surface area contributed by atoms with Crippen molar-refractivity contribution in [2.75, 3.05) is 20.8 Å². The smallest absolute Gasteiger partial charge is 0.267 e. The number of hydrogen-bond acceptors (Lipinski definition) is 7. The number of methoxy groups -OCH3 is 2. The minimum atomic E-state index is -0.695. The van der Waals surface area contributed by atoms with Crippen LogP contribution in [-0.4, -0.2) is 51.7 Å². The lowest BCUT2D eigenvalue weighted by molar-refractivity contribution is -0.127. The molecule has 1 atom stereocenters. The molecule has 6 aromatic rings. The lowest BCUT2D eigenvalue weighted by Gasteiger charge is -2.15. The number of benzene rings is 2. The van der Waals surface area contributed by atoms with Gasteiger partial charge in [0.2, 0.25) is 0 Å². The van der Waals surface area contributed by atoms with Crippen molar-refractivity contribution >= 4 is 44.0 Å². The Labute approximate surface area is 223 Å². The molecule has 10 heteroatoms. The van der Waals surface area contributed by atoms with Gasteiger partial charge >= 0.3 is 0 Å². The molecular weight excluding hydrogens is 498 g/mol. The molecule has 0 bridgehead atoms. The standard InChI is InChI=1S/C29H27N5O5/c1-17(28(35)32-10-4-13-33-14-12-30-16-33)39-18-5-7-22-21(15-18)19-9-11-31-25-20-6-8-23(37-2)27(38-3)24(20)29(36)34(22)26(19)25/h5-9,11-12,14-17H,4,10,13H2,1-3H3,(H,32,35)/t17-/m1/s1. The number of amides is 1. The van der Waals surface area contributed by atoms with Gasteiger partial charge in [-0.3, -0.25) is 19.0 Å². The minimum absolute atomic E-state index is 0.195. The third-order valence-electron chi connectivity index (χ3n) is 7.00. The van der Waals surface area contributed by atoms with Gasteiger partial charge in [-0.25, -0.2) is 4.98 Å². The molecule has 0 saturated heterocycles. The average Bonchev–Trinajstić information content (AvgIpc) is 3.59. The van der Waals surface area contributed by atoms with Gasteiger partial charge in [0.15, 0.2) is 17.6 Å². The summed E-state index contributed by atoms with van der Waals surface area (Å²) in [6.45, 7) is 3.02. The molecule has 2 aromatic carbocycles. The van der Waals surface area contributed by atoms with Crippen molar-refractivity contribution < 1.29 is 19.0 Å².